The number of aromatic hydroxyl groups is 1. The number of para-hydroxylation sites is 1. The van der Waals surface area contributed by atoms with Crippen LogP contribution in [0.5, 0.6) is 5.75 Å². The first kappa shape index (κ1) is 12.6. The number of benzene rings is 1. The van der Waals surface area contributed by atoms with Gasteiger partial charge < -0.3 is 5.11 Å². The van der Waals surface area contributed by atoms with E-state index in [9.17, 15) is 9.90 Å². The van der Waals surface area contributed by atoms with Gasteiger partial charge in [-0.3, -0.25) is 9.89 Å². The second kappa shape index (κ2) is 5.63. The Kier molecular flexibility index (Phi) is 3.92. The molecule has 1 amide bonds. The van der Waals surface area contributed by atoms with Crippen molar-refractivity contribution >= 4 is 34.7 Å². The van der Waals surface area contributed by atoms with Crippen LogP contribution in [0, 0.1) is 3.57 Å². The van der Waals surface area contributed by atoms with E-state index in [4.69, 9.17) is 0 Å². The zero-order valence-electron chi connectivity index (χ0n) is 9.09. The molecule has 2 rings (SSSR count). The number of hydrazone groups is 1. The Bertz CT molecular complexity index is 594. The summed E-state index contributed by atoms with van der Waals surface area (Å²) in [5, 5.41) is 19.6. The van der Waals surface area contributed by atoms with Crippen molar-refractivity contribution in [3.63, 3.8) is 0 Å². The smallest absolute Gasteiger partial charge is 0.290 e. The number of hydrogen-bond donors (Lipinski definition) is 3. The normalized spacial score (nSPS) is 10.7. The van der Waals surface area contributed by atoms with Crippen molar-refractivity contribution in [1.82, 2.24) is 15.6 Å². The average Bonchev–Trinajstić information content (AvgIpc) is 2.78. The molecule has 7 heteroatoms. The van der Waals surface area contributed by atoms with Crippen LogP contribution in [-0.2, 0) is 0 Å². The zero-order valence-corrected chi connectivity index (χ0v) is 11.2. The number of aromatic nitrogens is 2. The second-order valence-electron chi connectivity index (χ2n) is 3.35. The lowest BCUT2D eigenvalue weighted by Crippen LogP contribution is -2.19. The van der Waals surface area contributed by atoms with Crippen molar-refractivity contribution in [1.29, 1.82) is 0 Å². The highest BCUT2D eigenvalue weighted by Gasteiger charge is 2.10. The number of amides is 1. The molecule has 0 unspecified atom stereocenters. The molecule has 3 N–H and O–H groups in total. The standard InChI is InChI=1S/C11H9IN4O2/c12-8-6-14-15-10(8)11(18)16-13-5-7-3-1-2-4-9(7)17/h1-6,17H,(H,14,15)(H,16,18). The molecular weight excluding hydrogens is 347 g/mol. The van der Waals surface area contributed by atoms with E-state index in [-0.39, 0.29) is 11.7 Å². The molecule has 1 aromatic carbocycles. The number of carbonyl (C=O) groups is 1. The zero-order chi connectivity index (χ0) is 13.0. The van der Waals surface area contributed by atoms with Crippen LogP contribution in [0.15, 0.2) is 35.6 Å². The molecule has 1 heterocycles. The molecule has 0 saturated heterocycles. The van der Waals surface area contributed by atoms with Gasteiger partial charge in [0.15, 0.2) is 0 Å². The van der Waals surface area contributed by atoms with Gasteiger partial charge in [0.05, 0.1) is 16.0 Å². The van der Waals surface area contributed by atoms with Crippen LogP contribution in [0.2, 0.25) is 0 Å². The van der Waals surface area contributed by atoms with Crippen molar-refractivity contribution in [3.8, 4) is 5.75 Å². The molecule has 2 aromatic rings. The van der Waals surface area contributed by atoms with Crippen LogP contribution in [0.25, 0.3) is 0 Å². The van der Waals surface area contributed by atoms with E-state index in [0.29, 0.717) is 14.8 Å². The number of carbonyl (C=O) groups excluding carboxylic acids is 1. The summed E-state index contributed by atoms with van der Waals surface area (Å²) in [5.41, 5.74) is 3.22. The summed E-state index contributed by atoms with van der Waals surface area (Å²) >= 11 is 1.99. The predicted molar refractivity (Wildman–Crippen MR) is 74.5 cm³/mol. The van der Waals surface area contributed by atoms with Gasteiger partial charge >= 0.3 is 0 Å². The van der Waals surface area contributed by atoms with Crippen LogP contribution in [-0.4, -0.2) is 27.4 Å². The molecule has 92 valence electrons. The van der Waals surface area contributed by atoms with E-state index >= 15 is 0 Å². The molecule has 0 spiro atoms. The van der Waals surface area contributed by atoms with Crippen LogP contribution in [0.4, 0.5) is 0 Å². The Balaban J connectivity index is 2.03. The molecule has 0 fully saturated rings. The summed E-state index contributed by atoms with van der Waals surface area (Å²) in [5.74, 6) is -0.282. The number of halogens is 1. The first-order valence-electron chi connectivity index (χ1n) is 4.99. The van der Waals surface area contributed by atoms with Gasteiger partial charge in [0.1, 0.15) is 11.4 Å². The van der Waals surface area contributed by atoms with E-state index in [1.54, 1.807) is 30.5 Å². The third-order valence-electron chi connectivity index (χ3n) is 2.13. The summed E-state index contributed by atoms with van der Waals surface area (Å²) in [6.45, 7) is 0. The predicted octanol–water partition coefficient (Wildman–Crippen LogP) is 1.48. The Hall–Kier alpha value is -1.90. The summed E-state index contributed by atoms with van der Waals surface area (Å²) in [4.78, 5) is 11.6. The number of nitrogens with zero attached hydrogens (tertiary/aromatic N) is 2. The van der Waals surface area contributed by atoms with Gasteiger partial charge in [0, 0.05) is 5.56 Å². The van der Waals surface area contributed by atoms with Gasteiger partial charge in [0.25, 0.3) is 5.91 Å². The highest BCUT2D eigenvalue weighted by atomic mass is 127. The molecule has 0 atom stereocenters. The first-order valence-corrected chi connectivity index (χ1v) is 6.06. The molecular formula is C11H9IN4O2. The topological polar surface area (TPSA) is 90.4 Å². The molecule has 0 aliphatic heterocycles. The van der Waals surface area contributed by atoms with E-state index in [1.807, 2.05) is 22.6 Å². The van der Waals surface area contributed by atoms with Crippen molar-refractivity contribution in [3.05, 3.63) is 45.3 Å². The second-order valence-corrected chi connectivity index (χ2v) is 4.51. The summed E-state index contributed by atoms with van der Waals surface area (Å²) < 4.78 is 0.711. The molecule has 1 aromatic heterocycles. The molecule has 0 radical (unpaired) electrons. The Labute approximate surface area is 116 Å². The van der Waals surface area contributed by atoms with Crippen LogP contribution < -0.4 is 5.43 Å². The molecule has 0 bridgehead atoms. The SMILES string of the molecule is O=C(NN=Cc1ccccc1O)c1[nH]ncc1I. The lowest BCUT2D eigenvalue weighted by Gasteiger charge is -1.98. The van der Waals surface area contributed by atoms with Crippen molar-refractivity contribution in [2.24, 2.45) is 5.10 Å². The maximum atomic E-state index is 11.6. The quantitative estimate of drug-likeness (QED) is 0.442. The fourth-order valence-corrected chi connectivity index (χ4v) is 1.75. The molecule has 6 nitrogen and oxygen atoms in total. The fraction of sp³-hybridized carbons (Fsp3) is 0. The van der Waals surface area contributed by atoms with Crippen molar-refractivity contribution in [2.45, 2.75) is 0 Å². The lowest BCUT2D eigenvalue weighted by atomic mass is 10.2. The number of nitrogens with one attached hydrogen (secondary N) is 2. The van der Waals surface area contributed by atoms with E-state index in [2.05, 4.69) is 20.7 Å². The fourth-order valence-electron chi connectivity index (χ4n) is 1.24. The van der Waals surface area contributed by atoms with E-state index in [0.717, 1.165) is 0 Å². The average molecular weight is 356 g/mol. The van der Waals surface area contributed by atoms with Crippen LogP contribution >= 0.6 is 22.6 Å². The number of aromatic amines is 1. The molecule has 0 saturated carbocycles. The highest BCUT2D eigenvalue weighted by molar-refractivity contribution is 14.1. The number of hydrogen-bond acceptors (Lipinski definition) is 4. The highest BCUT2D eigenvalue weighted by Crippen LogP contribution is 2.12. The number of phenols is 1. The Morgan fingerprint density at radius 2 is 2.28 bits per heavy atom. The van der Waals surface area contributed by atoms with Gasteiger partial charge in [-0.05, 0) is 34.7 Å². The number of H-pyrrole nitrogens is 1. The maximum absolute atomic E-state index is 11.6. The minimum absolute atomic E-state index is 0.103. The number of rotatable bonds is 3. The molecule has 18 heavy (non-hydrogen) atoms. The van der Waals surface area contributed by atoms with Gasteiger partial charge in [-0.2, -0.15) is 10.2 Å². The summed E-state index contributed by atoms with van der Waals surface area (Å²) in [7, 11) is 0. The lowest BCUT2D eigenvalue weighted by molar-refractivity contribution is 0.0949. The summed E-state index contributed by atoms with van der Waals surface area (Å²) in [6.07, 6.45) is 2.92. The van der Waals surface area contributed by atoms with Crippen LogP contribution in [0.3, 0.4) is 0 Å². The van der Waals surface area contributed by atoms with Crippen LogP contribution in [0.1, 0.15) is 16.1 Å². The monoisotopic (exact) mass is 356 g/mol. The molecule has 0 aliphatic carbocycles. The van der Waals surface area contributed by atoms with Crippen molar-refractivity contribution < 1.29 is 9.90 Å². The first-order chi connectivity index (χ1) is 8.68. The van der Waals surface area contributed by atoms with E-state index < -0.39 is 0 Å². The minimum atomic E-state index is -0.386. The van der Waals surface area contributed by atoms with E-state index in [1.165, 1.54) is 6.21 Å². The minimum Gasteiger partial charge on any atom is -0.507 e. The van der Waals surface area contributed by atoms with Crippen molar-refractivity contribution in [2.75, 3.05) is 0 Å². The third kappa shape index (κ3) is 2.86. The Morgan fingerprint density at radius 3 is 2.94 bits per heavy atom. The van der Waals surface area contributed by atoms with Gasteiger partial charge in [-0.25, -0.2) is 5.43 Å². The summed E-state index contributed by atoms with van der Waals surface area (Å²) in [6, 6.07) is 6.70. The van der Waals surface area contributed by atoms with Gasteiger partial charge in [0.2, 0.25) is 0 Å². The number of phenolic OH excluding ortho intramolecular Hbond substituents is 1. The largest absolute Gasteiger partial charge is 0.507 e. The molecule has 0 aliphatic rings. The maximum Gasteiger partial charge on any atom is 0.290 e. The third-order valence-corrected chi connectivity index (χ3v) is 2.94. The Morgan fingerprint density at radius 1 is 1.50 bits per heavy atom. The van der Waals surface area contributed by atoms with Gasteiger partial charge in [-0.1, -0.05) is 12.1 Å². The van der Waals surface area contributed by atoms with Gasteiger partial charge in [-0.15, -0.1) is 0 Å².